The largest absolute Gasteiger partial charge is 0.378 e. The van der Waals surface area contributed by atoms with E-state index in [0.717, 1.165) is 30.0 Å². The zero-order valence-corrected chi connectivity index (χ0v) is 13.2. The molecular weight excluding hydrogens is 258 g/mol. The molecule has 0 aliphatic heterocycles. The van der Waals surface area contributed by atoms with E-state index in [9.17, 15) is 0 Å². The number of methoxy groups -OCH3 is 1. The molecule has 0 spiro atoms. The molecule has 19 heavy (non-hydrogen) atoms. The molecule has 0 saturated heterocycles. The van der Waals surface area contributed by atoms with Crippen molar-refractivity contribution < 1.29 is 4.74 Å². The fourth-order valence-electron chi connectivity index (χ4n) is 2.07. The minimum Gasteiger partial charge on any atom is -0.378 e. The maximum Gasteiger partial charge on any atom is 0.185 e. The molecule has 4 nitrogen and oxygen atoms in total. The molecule has 1 aromatic rings. The summed E-state index contributed by atoms with van der Waals surface area (Å²) < 4.78 is 5.26. The van der Waals surface area contributed by atoms with E-state index in [1.807, 2.05) is 0 Å². The van der Waals surface area contributed by atoms with Gasteiger partial charge in [0, 0.05) is 38.2 Å². The Morgan fingerprint density at radius 1 is 1.47 bits per heavy atom. The van der Waals surface area contributed by atoms with E-state index in [-0.39, 0.29) is 0 Å². The van der Waals surface area contributed by atoms with Gasteiger partial charge in [-0.15, -0.1) is 11.3 Å². The lowest BCUT2D eigenvalue weighted by Gasteiger charge is -2.17. The Labute approximate surface area is 120 Å². The van der Waals surface area contributed by atoms with Crippen LogP contribution in [0.25, 0.3) is 0 Å². The smallest absolute Gasteiger partial charge is 0.185 e. The Hall–Kier alpha value is -0.650. The van der Waals surface area contributed by atoms with Crippen LogP contribution in [0.15, 0.2) is 0 Å². The van der Waals surface area contributed by atoms with Crippen LogP contribution in [0.3, 0.4) is 0 Å². The van der Waals surface area contributed by atoms with Gasteiger partial charge in [-0.1, -0.05) is 13.8 Å². The second kappa shape index (κ2) is 6.68. The zero-order chi connectivity index (χ0) is 13.8. The number of anilines is 1. The summed E-state index contributed by atoms with van der Waals surface area (Å²) in [5.74, 6) is 0.646. The summed E-state index contributed by atoms with van der Waals surface area (Å²) in [4.78, 5) is 8.29. The molecule has 0 unspecified atom stereocenters. The number of nitrogens with one attached hydrogen (secondary N) is 1. The summed E-state index contributed by atoms with van der Waals surface area (Å²) in [5.41, 5.74) is 1.09. The maximum absolute atomic E-state index is 5.26. The van der Waals surface area contributed by atoms with Gasteiger partial charge in [-0.3, -0.25) is 0 Å². The fraction of sp³-hybridized carbons (Fsp3) is 0.786. The lowest BCUT2D eigenvalue weighted by atomic mass is 10.2. The number of hydrogen-bond acceptors (Lipinski definition) is 5. The highest BCUT2D eigenvalue weighted by molar-refractivity contribution is 7.15. The van der Waals surface area contributed by atoms with Crippen LogP contribution < -0.4 is 10.2 Å². The Morgan fingerprint density at radius 2 is 2.21 bits per heavy atom. The molecular formula is C14H25N3OS. The van der Waals surface area contributed by atoms with Gasteiger partial charge >= 0.3 is 0 Å². The van der Waals surface area contributed by atoms with Crippen LogP contribution in [-0.4, -0.2) is 31.7 Å². The summed E-state index contributed by atoms with van der Waals surface area (Å²) in [5, 5.41) is 4.67. The quantitative estimate of drug-likeness (QED) is 0.796. The Morgan fingerprint density at radius 3 is 2.79 bits per heavy atom. The number of rotatable bonds is 8. The number of thiazole rings is 1. The van der Waals surface area contributed by atoms with E-state index in [1.165, 1.54) is 17.7 Å². The average molecular weight is 283 g/mol. The van der Waals surface area contributed by atoms with E-state index in [2.05, 4.69) is 31.1 Å². The van der Waals surface area contributed by atoms with Gasteiger partial charge in [0.25, 0.3) is 0 Å². The molecule has 2 rings (SSSR count). The fourth-order valence-corrected chi connectivity index (χ4v) is 3.06. The summed E-state index contributed by atoms with van der Waals surface area (Å²) in [6, 6.07) is 0.731. The van der Waals surface area contributed by atoms with Crippen molar-refractivity contribution in [2.45, 2.75) is 45.9 Å². The molecule has 5 heteroatoms. The van der Waals surface area contributed by atoms with Gasteiger partial charge in [0.1, 0.15) is 0 Å². The first-order chi connectivity index (χ1) is 9.10. The van der Waals surface area contributed by atoms with Crippen molar-refractivity contribution in [3.8, 4) is 0 Å². The van der Waals surface area contributed by atoms with E-state index in [1.54, 1.807) is 18.4 Å². The van der Waals surface area contributed by atoms with Crippen LogP contribution in [0.5, 0.6) is 0 Å². The number of aromatic nitrogens is 1. The first-order valence-electron chi connectivity index (χ1n) is 7.02. The third-order valence-electron chi connectivity index (χ3n) is 3.14. The second-order valence-corrected chi connectivity index (χ2v) is 6.79. The highest BCUT2D eigenvalue weighted by Gasteiger charge is 2.22. The topological polar surface area (TPSA) is 37.4 Å². The van der Waals surface area contributed by atoms with Crippen molar-refractivity contribution in [2.75, 3.05) is 25.6 Å². The normalized spacial score (nSPS) is 15.2. The summed E-state index contributed by atoms with van der Waals surface area (Å²) in [6.45, 7) is 7.03. The minimum absolute atomic E-state index is 0.605. The maximum atomic E-state index is 5.26. The molecule has 0 bridgehead atoms. The van der Waals surface area contributed by atoms with Crippen LogP contribution in [0, 0.1) is 5.92 Å². The van der Waals surface area contributed by atoms with Crippen molar-refractivity contribution in [3.05, 3.63) is 10.6 Å². The summed E-state index contributed by atoms with van der Waals surface area (Å²) in [7, 11) is 3.85. The van der Waals surface area contributed by atoms with E-state index >= 15 is 0 Å². The van der Waals surface area contributed by atoms with Crippen molar-refractivity contribution in [2.24, 2.45) is 5.92 Å². The zero-order valence-electron chi connectivity index (χ0n) is 12.4. The van der Waals surface area contributed by atoms with Crippen LogP contribution in [-0.2, 0) is 17.9 Å². The van der Waals surface area contributed by atoms with Gasteiger partial charge in [0.2, 0.25) is 0 Å². The van der Waals surface area contributed by atoms with E-state index < -0.39 is 0 Å². The number of nitrogens with zero attached hydrogens (tertiary/aromatic N) is 2. The highest BCUT2D eigenvalue weighted by atomic mass is 32.1. The van der Waals surface area contributed by atoms with Crippen molar-refractivity contribution >= 4 is 16.5 Å². The predicted octanol–water partition coefficient (Wildman–Crippen LogP) is 2.63. The molecule has 1 aromatic heterocycles. The molecule has 0 amide bonds. The lowest BCUT2D eigenvalue weighted by Crippen LogP contribution is -2.22. The molecule has 1 aliphatic rings. The summed E-state index contributed by atoms with van der Waals surface area (Å²) >= 11 is 1.79. The molecule has 0 radical (unpaired) electrons. The van der Waals surface area contributed by atoms with E-state index in [4.69, 9.17) is 9.72 Å². The van der Waals surface area contributed by atoms with Crippen molar-refractivity contribution in [1.82, 2.24) is 10.3 Å². The Bertz CT molecular complexity index is 401. The first kappa shape index (κ1) is 14.8. The predicted molar refractivity (Wildman–Crippen MR) is 80.8 cm³/mol. The van der Waals surface area contributed by atoms with Crippen LogP contribution >= 0.6 is 11.3 Å². The van der Waals surface area contributed by atoms with Gasteiger partial charge in [-0.2, -0.15) is 0 Å². The van der Waals surface area contributed by atoms with Gasteiger partial charge in [0.15, 0.2) is 5.13 Å². The standard InChI is InChI=1S/C14H25N3OS/c1-10(2)8-17(3)14-16-12(9-18-4)13(19-14)7-15-11-5-6-11/h10-11,15H,5-9H2,1-4H3. The van der Waals surface area contributed by atoms with Gasteiger partial charge < -0.3 is 15.0 Å². The Balaban J connectivity index is 2.03. The van der Waals surface area contributed by atoms with Gasteiger partial charge in [-0.25, -0.2) is 4.98 Å². The molecule has 0 aromatic carbocycles. The van der Waals surface area contributed by atoms with E-state index in [0.29, 0.717) is 12.5 Å². The molecule has 108 valence electrons. The van der Waals surface area contributed by atoms with Crippen molar-refractivity contribution in [3.63, 3.8) is 0 Å². The third kappa shape index (κ3) is 4.44. The first-order valence-corrected chi connectivity index (χ1v) is 7.83. The Kier molecular flexibility index (Phi) is 5.19. The lowest BCUT2D eigenvalue weighted by molar-refractivity contribution is 0.181. The van der Waals surface area contributed by atoms with Crippen LogP contribution in [0.2, 0.25) is 0 Å². The second-order valence-electron chi connectivity index (χ2n) is 5.73. The monoisotopic (exact) mass is 283 g/mol. The third-order valence-corrected chi connectivity index (χ3v) is 4.35. The summed E-state index contributed by atoms with van der Waals surface area (Å²) in [6.07, 6.45) is 2.64. The van der Waals surface area contributed by atoms with Gasteiger partial charge in [0.05, 0.1) is 12.3 Å². The molecule has 1 fully saturated rings. The average Bonchev–Trinajstić information content (AvgIpc) is 3.08. The minimum atomic E-state index is 0.605. The SMILES string of the molecule is COCc1nc(N(C)CC(C)C)sc1CNC1CC1. The molecule has 1 heterocycles. The molecule has 1 N–H and O–H groups in total. The van der Waals surface area contributed by atoms with Gasteiger partial charge in [-0.05, 0) is 18.8 Å². The van der Waals surface area contributed by atoms with Crippen LogP contribution in [0.4, 0.5) is 5.13 Å². The molecule has 0 atom stereocenters. The molecule has 1 saturated carbocycles. The number of hydrogen-bond donors (Lipinski definition) is 1. The van der Waals surface area contributed by atoms with Crippen molar-refractivity contribution in [1.29, 1.82) is 0 Å². The molecule has 1 aliphatic carbocycles. The van der Waals surface area contributed by atoms with Crippen LogP contribution in [0.1, 0.15) is 37.3 Å². The number of ether oxygens (including phenoxy) is 1. The highest BCUT2D eigenvalue weighted by Crippen LogP contribution is 2.28.